The second-order valence-corrected chi connectivity index (χ2v) is 12.6. The third kappa shape index (κ3) is 5.29. The van der Waals surface area contributed by atoms with Crippen molar-refractivity contribution < 1.29 is 8.42 Å². The van der Waals surface area contributed by atoms with Gasteiger partial charge in [-0.3, -0.25) is 0 Å². The van der Waals surface area contributed by atoms with Gasteiger partial charge in [0.2, 0.25) is 0 Å². The molecule has 8 nitrogen and oxygen atoms in total. The van der Waals surface area contributed by atoms with Crippen LogP contribution in [-0.2, 0) is 16.4 Å². The summed E-state index contributed by atoms with van der Waals surface area (Å²) in [6, 6.07) is 19.5. The molecule has 2 aromatic carbocycles. The summed E-state index contributed by atoms with van der Waals surface area (Å²) in [5, 5.41) is 4.90. The first-order valence-corrected chi connectivity index (χ1v) is 14.9. The molecule has 0 amide bonds. The SMILES string of the molecule is Cc1cc(N(C)Cc2ccc(-c3ccc(S(C)(=O)=O)cc3)cc2)n2nc(C)c(-c3cnc(N(C)C)cc3C)c2n1. The van der Waals surface area contributed by atoms with Crippen molar-refractivity contribution in [2.75, 3.05) is 37.2 Å². The molecule has 0 saturated heterocycles. The van der Waals surface area contributed by atoms with E-state index in [1.54, 1.807) is 12.1 Å². The monoisotopic (exact) mass is 554 g/mol. The Bertz CT molecular complexity index is 1810. The van der Waals surface area contributed by atoms with Crippen LogP contribution in [-0.4, -0.2) is 55.4 Å². The van der Waals surface area contributed by atoms with Crippen molar-refractivity contribution in [3.8, 4) is 22.3 Å². The molecular weight excluding hydrogens is 520 g/mol. The zero-order chi connectivity index (χ0) is 28.8. The van der Waals surface area contributed by atoms with Crippen molar-refractivity contribution in [2.24, 2.45) is 0 Å². The van der Waals surface area contributed by atoms with Gasteiger partial charge in [-0.2, -0.15) is 9.61 Å². The first-order chi connectivity index (χ1) is 18.9. The summed E-state index contributed by atoms with van der Waals surface area (Å²) in [6.45, 7) is 6.80. The molecule has 3 heterocycles. The lowest BCUT2D eigenvalue weighted by atomic mass is 10.0. The summed E-state index contributed by atoms with van der Waals surface area (Å²) >= 11 is 0. The normalized spacial score (nSPS) is 11.7. The third-order valence-corrected chi connectivity index (χ3v) is 8.21. The van der Waals surface area contributed by atoms with Crippen LogP contribution >= 0.6 is 0 Å². The van der Waals surface area contributed by atoms with Gasteiger partial charge in [-0.1, -0.05) is 36.4 Å². The van der Waals surface area contributed by atoms with Crippen molar-refractivity contribution in [3.05, 3.63) is 89.4 Å². The van der Waals surface area contributed by atoms with Gasteiger partial charge in [0.25, 0.3) is 0 Å². The van der Waals surface area contributed by atoms with Gasteiger partial charge in [-0.15, -0.1) is 0 Å². The van der Waals surface area contributed by atoms with E-state index in [9.17, 15) is 8.42 Å². The minimum Gasteiger partial charge on any atom is -0.363 e. The van der Waals surface area contributed by atoms with Crippen LogP contribution in [0.3, 0.4) is 0 Å². The fourth-order valence-corrected chi connectivity index (χ4v) is 5.54. The number of sulfone groups is 1. The lowest BCUT2D eigenvalue weighted by Gasteiger charge is -2.21. The van der Waals surface area contributed by atoms with Gasteiger partial charge in [-0.25, -0.2) is 18.4 Å². The Kier molecular flexibility index (Phi) is 7.10. The van der Waals surface area contributed by atoms with Gasteiger partial charge >= 0.3 is 0 Å². The summed E-state index contributed by atoms with van der Waals surface area (Å²) in [6.07, 6.45) is 3.13. The molecule has 0 bridgehead atoms. The van der Waals surface area contributed by atoms with Crippen LogP contribution in [0, 0.1) is 20.8 Å². The Morgan fingerprint density at radius 2 is 1.50 bits per heavy atom. The highest BCUT2D eigenvalue weighted by molar-refractivity contribution is 7.90. The minimum absolute atomic E-state index is 0.322. The highest BCUT2D eigenvalue weighted by Gasteiger charge is 2.20. The van der Waals surface area contributed by atoms with E-state index in [0.717, 1.165) is 62.1 Å². The first-order valence-electron chi connectivity index (χ1n) is 13.0. The number of aryl methyl sites for hydroxylation is 3. The van der Waals surface area contributed by atoms with Crippen LogP contribution < -0.4 is 9.80 Å². The van der Waals surface area contributed by atoms with E-state index >= 15 is 0 Å². The maximum absolute atomic E-state index is 11.8. The third-order valence-electron chi connectivity index (χ3n) is 7.08. The molecule has 0 unspecified atom stereocenters. The number of hydrogen-bond acceptors (Lipinski definition) is 7. The van der Waals surface area contributed by atoms with Crippen LogP contribution in [0.5, 0.6) is 0 Å². The second-order valence-electron chi connectivity index (χ2n) is 10.6. The summed E-state index contributed by atoms with van der Waals surface area (Å²) in [5.41, 5.74) is 8.94. The van der Waals surface area contributed by atoms with Crippen LogP contribution in [0.1, 0.15) is 22.5 Å². The van der Waals surface area contributed by atoms with E-state index in [0.29, 0.717) is 11.4 Å². The number of fused-ring (bicyclic) bond motifs is 1. The predicted molar refractivity (Wildman–Crippen MR) is 162 cm³/mol. The topological polar surface area (TPSA) is 83.7 Å². The summed E-state index contributed by atoms with van der Waals surface area (Å²) < 4.78 is 25.5. The summed E-state index contributed by atoms with van der Waals surface area (Å²) in [5.74, 6) is 1.87. The van der Waals surface area contributed by atoms with Crippen LogP contribution in [0.15, 0.2) is 71.8 Å². The van der Waals surface area contributed by atoms with E-state index < -0.39 is 9.84 Å². The van der Waals surface area contributed by atoms with Crippen LogP contribution in [0.4, 0.5) is 11.6 Å². The van der Waals surface area contributed by atoms with Gasteiger partial charge in [-0.05, 0) is 61.2 Å². The smallest absolute Gasteiger partial charge is 0.175 e. The molecule has 5 rings (SSSR count). The molecule has 0 fully saturated rings. The second kappa shape index (κ2) is 10.4. The Balaban J connectivity index is 1.44. The van der Waals surface area contributed by atoms with E-state index in [4.69, 9.17) is 10.1 Å². The minimum atomic E-state index is -3.21. The predicted octanol–water partition coefficient (Wildman–Crippen LogP) is 5.49. The molecule has 0 spiro atoms. The zero-order valence-electron chi connectivity index (χ0n) is 24.0. The lowest BCUT2D eigenvalue weighted by molar-refractivity contribution is 0.602. The lowest BCUT2D eigenvalue weighted by Crippen LogP contribution is -2.20. The molecule has 206 valence electrons. The highest BCUT2D eigenvalue weighted by Crippen LogP contribution is 2.33. The summed E-state index contributed by atoms with van der Waals surface area (Å²) in [4.78, 5) is 14.0. The van der Waals surface area contributed by atoms with Crippen LogP contribution in [0.2, 0.25) is 0 Å². The number of pyridine rings is 1. The fourth-order valence-electron chi connectivity index (χ4n) is 4.91. The Hall–Kier alpha value is -4.24. The Morgan fingerprint density at radius 1 is 0.875 bits per heavy atom. The number of benzene rings is 2. The van der Waals surface area contributed by atoms with Crippen molar-refractivity contribution >= 4 is 27.1 Å². The van der Waals surface area contributed by atoms with Crippen molar-refractivity contribution in [1.29, 1.82) is 0 Å². The number of hydrogen-bond donors (Lipinski definition) is 0. The van der Waals surface area contributed by atoms with Crippen molar-refractivity contribution in [3.63, 3.8) is 0 Å². The largest absolute Gasteiger partial charge is 0.363 e. The molecule has 40 heavy (non-hydrogen) atoms. The molecule has 0 N–H and O–H groups in total. The number of aromatic nitrogens is 4. The van der Waals surface area contributed by atoms with Gasteiger partial charge in [0.15, 0.2) is 15.5 Å². The molecule has 0 aliphatic rings. The molecule has 0 aliphatic heterocycles. The molecule has 5 aromatic rings. The average Bonchev–Trinajstić information content (AvgIpc) is 3.23. The van der Waals surface area contributed by atoms with E-state index in [1.165, 1.54) is 6.26 Å². The molecule has 0 aliphatic carbocycles. The highest BCUT2D eigenvalue weighted by atomic mass is 32.2. The fraction of sp³-hybridized carbons (Fsp3) is 0.258. The van der Waals surface area contributed by atoms with Crippen LogP contribution in [0.25, 0.3) is 27.9 Å². The van der Waals surface area contributed by atoms with E-state index in [1.807, 2.05) is 55.7 Å². The molecule has 0 saturated carbocycles. The van der Waals surface area contributed by atoms with Gasteiger partial charge in [0.05, 0.1) is 16.2 Å². The quantitative estimate of drug-likeness (QED) is 0.263. The number of anilines is 2. The molecular formula is C31H34N6O2S. The first kappa shape index (κ1) is 27.3. The van der Waals surface area contributed by atoms with Gasteiger partial charge < -0.3 is 9.80 Å². The maximum Gasteiger partial charge on any atom is 0.175 e. The Labute approximate surface area is 235 Å². The average molecular weight is 555 g/mol. The molecule has 0 radical (unpaired) electrons. The Morgan fingerprint density at radius 3 is 2.08 bits per heavy atom. The number of rotatable bonds is 7. The standard InChI is InChI=1S/C31H34N6O2S/c1-20-16-28(35(4)5)32-18-27(20)30-22(3)34-37-29(17-21(2)33-31(30)37)36(6)19-23-8-10-24(11-9-23)25-12-14-26(15-13-25)40(7,38)39/h8-18H,19H2,1-7H3. The van der Waals surface area contributed by atoms with E-state index in [2.05, 4.69) is 60.3 Å². The maximum atomic E-state index is 11.8. The molecule has 9 heteroatoms. The molecule has 3 aromatic heterocycles. The van der Waals surface area contributed by atoms with Gasteiger partial charge in [0, 0.05) is 57.5 Å². The van der Waals surface area contributed by atoms with Crippen molar-refractivity contribution in [1.82, 2.24) is 19.6 Å². The number of nitrogens with zero attached hydrogens (tertiary/aromatic N) is 6. The van der Waals surface area contributed by atoms with Crippen molar-refractivity contribution in [2.45, 2.75) is 32.2 Å². The zero-order valence-corrected chi connectivity index (χ0v) is 24.8. The van der Waals surface area contributed by atoms with E-state index in [-0.39, 0.29) is 0 Å². The summed E-state index contributed by atoms with van der Waals surface area (Å²) in [7, 11) is 2.82. The molecule has 0 atom stereocenters. The van der Waals surface area contributed by atoms with Gasteiger partial charge in [0.1, 0.15) is 11.6 Å².